The third-order valence-electron chi connectivity index (χ3n) is 2.68. The second-order valence-electron chi connectivity index (χ2n) is 4.40. The van der Waals surface area contributed by atoms with Crippen LogP contribution in [0.5, 0.6) is 0 Å². The highest BCUT2D eigenvalue weighted by Crippen LogP contribution is 2.16. The molecular formula is C15H17F3O2. The van der Waals surface area contributed by atoms with Gasteiger partial charge in [0, 0.05) is 0 Å². The van der Waals surface area contributed by atoms with Gasteiger partial charge < -0.3 is 4.74 Å². The van der Waals surface area contributed by atoms with Gasteiger partial charge in [-0.1, -0.05) is 25.8 Å². The number of esters is 1. The molecule has 0 aliphatic heterocycles. The smallest absolute Gasteiger partial charge is 0.341 e. The number of carbonyl (C=O) groups is 1. The Bertz CT molecular complexity index is 498. The van der Waals surface area contributed by atoms with E-state index < -0.39 is 35.1 Å². The zero-order chi connectivity index (χ0) is 15.1. The average Bonchev–Trinajstić information content (AvgIpc) is 2.41. The molecule has 20 heavy (non-hydrogen) atoms. The Morgan fingerprint density at radius 2 is 2.00 bits per heavy atom. The molecule has 0 radical (unpaired) electrons. The Hall–Kier alpha value is -1.78. The first-order valence-corrected chi connectivity index (χ1v) is 6.48. The van der Waals surface area contributed by atoms with Crippen molar-refractivity contribution in [3.63, 3.8) is 0 Å². The second-order valence-corrected chi connectivity index (χ2v) is 4.40. The van der Waals surface area contributed by atoms with Crippen LogP contribution < -0.4 is 0 Å². The Balaban J connectivity index is 2.67. The van der Waals surface area contributed by atoms with Gasteiger partial charge in [0.15, 0.2) is 17.5 Å². The first-order valence-electron chi connectivity index (χ1n) is 6.48. The quantitative estimate of drug-likeness (QED) is 0.335. The molecule has 0 saturated carbocycles. The maximum absolute atomic E-state index is 13.4. The summed E-state index contributed by atoms with van der Waals surface area (Å²) in [7, 11) is 0. The number of rotatable bonds is 6. The molecule has 1 aromatic rings. The van der Waals surface area contributed by atoms with Crippen molar-refractivity contribution in [2.24, 2.45) is 0 Å². The predicted octanol–water partition coefficient (Wildman–Crippen LogP) is 4.40. The molecule has 0 fully saturated rings. The predicted molar refractivity (Wildman–Crippen MR) is 69.9 cm³/mol. The molecular weight excluding hydrogens is 269 g/mol. The average molecular weight is 286 g/mol. The molecule has 1 unspecified atom stereocenters. The van der Waals surface area contributed by atoms with E-state index in [0.717, 1.165) is 25.3 Å². The van der Waals surface area contributed by atoms with Crippen molar-refractivity contribution in [1.29, 1.82) is 0 Å². The van der Waals surface area contributed by atoms with Gasteiger partial charge in [-0.3, -0.25) is 0 Å². The van der Waals surface area contributed by atoms with Crippen LogP contribution in [-0.2, 0) is 4.74 Å². The van der Waals surface area contributed by atoms with E-state index in [0.29, 0.717) is 6.07 Å². The third-order valence-corrected chi connectivity index (χ3v) is 2.68. The van der Waals surface area contributed by atoms with Gasteiger partial charge >= 0.3 is 5.97 Å². The third kappa shape index (κ3) is 4.40. The molecule has 0 saturated heterocycles. The van der Waals surface area contributed by atoms with Crippen LogP contribution in [-0.4, -0.2) is 12.1 Å². The molecule has 2 nitrogen and oxygen atoms in total. The molecule has 1 atom stereocenters. The molecule has 1 aromatic carbocycles. The van der Waals surface area contributed by atoms with E-state index >= 15 is 0 Å². The normalized spacial score (nSPS) is 12.7. The number of carbonyl (C=O) groups excluding carboxylic acids is 1. The lowest BCUT2D eigenvalue weighted by Crippen LogP contribution is -2.15. The maximum atomic E-state index is 13.4. The molecule has 0 aliphatic carbocycles. The van der Waals surface area contributed by atoms with Crippen LogP contribution in [0.25, 0.3) is 0 Å². The summed E-state index contributed by atoms with van der Waals surface area (Å²) in [4.78, 5) is 11.6. The van der Waals surface area contributed by atoms with Gasteiger partial charge in [0.05, 0.1) is 5.56 Å². The fourth-order valence-electron chi connectivity index (χ4n) is 1.56. The van der Waals surface area contributed by atoms with Crippen LogP contribution in [0.1, 0.15) is 43.5 Å². The van der Waals surface area contributed by atoms with E-state index in [1.165, 1.54) is 0 Å². The van der Waals surface area contributed by atoms with Crippen LogP contribution in [0.2, 0.25) is 0 Å². The minimum absolute atomic E-state index is 0.563. The summed E-state index contributed by atoms with van der Waals surface area (Å²) in [5, 5.41) is 0. The van der Waals surface area contributed by atoms with Crippen LogP contribution >= 0.6 is 0 Å². The van der Waals surface area contributed by atoms with Gasteiger partial charge in [-0.2, -0.15) is 0 Å². The summed E-state index contributed by atoms with van der Waals surface area (Å²) < 4.78 is 44.1. The van der Waals surface area contributed by atoms with Crippen molar-refractivity contribution in [2.45, 2.75) is 39.2 Å². The fraction of sp³-hybridized carbons (Fsp3) is 0.400. The summed E-state index contributed by atoms with van der Waals surface area (Å²) in [5.74, 6) is -5.57. The molecule has 0 bridgehead atoms. The zero-order valence-corrected chi connectivity index (χ0v) is 11.5. The van der Waals surface area contributed by atoms with Crippen LogP contribution in [0.3, 0.4) is 0 Å². The van der Waals surface area contributed by atoms with Gasteiger partial charge in [-0.25, -0.2) is 18.0 Å². The summed E-state index contributed by atoms with van der Waals surface area (Å²) in [6, 6.07) is 1.56. The van der Waals surface area contributed by atoms with Crippen molar-refractivity contribution in [3.05, 3.63) is 47.3 Å². The molecule has 0 aromatic heterocycles. The van der Waals surface area contributed by atoms with E-state index in [4.69, 9.17) is 4.74 Å². The Kier molecular flexibility index (Phi) is 6.28. The molecule has 0 heterocycles. The zero-order valence-electron chi connectivity index (χ0n) is 11.5. The SMILES string of the molecule is CCCC/C=C/C(C)OC(=O)c1ccc(F)c(F)c1F. The second kappa shape index (κ2) is 7.72. The Labute approximate surface area is 116 Å². The number of benzene rings is 1. The summed E-state index contributed by atoms with van der Waals surface area (Å²) >= 11 is 0. The van der Waals surface area contributed by atoms with Crippen molar-refractivity contribution in [1.82, 2.24) is 0 Å². The molecule has 110 valence electrons. The number of halogens is 3. The van der Waals surface area contributed by atoms with Gasteiger partial charge in [0.2, 0.25) is 0 Å². The molecule has 0 N–H and O–H groups in total. The monoisotopic (exact) mass is 286 g/mol. The minimum atomic E-state index is -1.68. The summed E-state index contributed by atoms with van der Waals surface area (Å²) in [5.41, 5.74) is -0.613. The molecule has 1 rings (SSSR count). The highest BCUT2D eigenvalue weighted by Gasteiger charge is 2.20. The fourth-order valence-corrected chi connectivity index (χ4v) is 1.56. The van der Waals surface area contributed by atoms with E-state index in [2.05, 4.69) is 6.92 Å². The lowest BCUT2D eigenvalue weighted by molar-refractivity contribution is 0.0417. The molecule has 0 amide bonds. The van der Waals surface area contributed by atoms with E-state index in [9.17, 15) is 18.0 Å². The highest BCUT2D eigenvalue weighted by atomic mass is 19.2. The lowest BCUT2D eigenvalue weighted by atomic mass is 10.2. The van der Waals surface area contributed by atoms with Gasteiger partial charge in [-0.15, -0.1) is 0 Å². The first-order chi connectivity index (χ1) is 9.47. The van der Waals surface area contributed by atoms with Crippen LogP contribution in [0.15, 0.2) is 24.3 Å². The number of hydrogen-bond acceptors (Lipinski definition) is 2. The van der Waals surface area contributed by atoms with Gasteiger partial charge in [-0.05, 0) is 31.6 Å². The van der Waals surface area contributed by atoms with Crippen molar-refractivity contribution in [2.75, 3.05) is 0 Å². The first kappa shape index (κ1) is 16.3. The van der Waals surface area contributed by atoms with Gasteiger partial charge in [0.25, 0.3) is 0 Å². The lowest BCUT2D eigenvalue weighted by Gasteiger charge is -2.10. The molecule has 0 spiro atoms. The van der Waals surface area contributed by atoms with Crippen molar-refractivity contribution in [3.8, 4) is 0 Å². The van der Waals surface area contributed by atoms with E-state index in [1.807, 2.05) is 6.08 Å². The standard InChI is InChI=1S/C15H17F3O2/c1-3-4-5-6-7-10(2)20-15(19)11-8-9-12(16)14(18)13(11)17/h6-10H,3-5H2,1-2H3/b7-6+. The molecule has 0 aliphatic rings. The van der Waals surface area contributed by atoms with Gasteiger partial charge in [0.1, 0.15) is 6.10 Å². The minimum Gasteiger partial charge on any atom is -0.455 e. The maximum Gasteiger partial charge on any atom is 0.341 e. The largest absolute Gasteiger partial charge is 0.455 e. The Morgan fingerprint density at radius 3 is 2.65 bits per heavy atom. The van der Waals surface area contributed by atoms with Crippen molar-refractivity contribution >= 4 is 5.97 Å². The number of unbranched alkanes of at least 4 members (excludes halogenated alkanes) is 2. The van der Waals surface area contributed by atoms with E-state index in [-0.39, 0.29) is 0 Å². The Morgan fingerprint density at radius 1 is 1.30 bits per heavy atom. The van der Waals surface area contributed by atoms with Crippen molar-refractivity contribution < 1.29 is 22.7 Å². The topological polar surface area (TPSA) is 26.3 Å². The summed E-state index contributed by atoms with van der Waals surface area (Å²) in [6.45, 7) is 3.67. The number of allylic oxidation sites excluding steroid dienone is 1. The number of ether oxygens (including phenoxy) is 1. The summed E-state index contributed by atoms with van der Waals surface area (Å²) in [6.07, 6.45) is 5.91. The molecule has 5 heteroatoms. The van der Waals surface area contributed by atoms with Crippen LogP contribution in [0, 0.1) is 17.5 Å². The number of hydrogen-bond donors (Lipinski definition) is 0. The highest BCUT2D eigenvalue weighted by molar-refractivity contribution is 5.89. The van der Waals surface area contributed by atoms with Crippen LogP contribution in [0.4, 0.5) is 13.2 Å². The van der Waals surface area contributed by atoms with E-state index in [1.54, 1.807) is 13.0 Å².